The van der Waals surface area contributed by atoms with E-state index in [1.165, 1.54) is 154 Å². The average Bonchev–Trinajstić information content (AvgIpc) is 1.49. The summed E-state index contributed by atoms with van der Waals surface area (Å²) in [6.45, 7) is 0. The van der Waals surface area contributed by atoms with Crippen molar-refractivity contribution in [3.8, 4) is 101 Å². The first-order valence-corrected chi connectivity index (χ1v) is 48.6. The number of rotatable bonds is 11. The molecule has 6 heterocycles. The van der Waals surface area contributed by atoms with Crippen molar-refractivity contribution in [2.75, 3.05) is 9.80 Å². The van der Waals surface area contributed by atoms with Crippen LogP contribution in [0.25, 0.3) is 188 Å². The third-order valence-corrected chi connectivity index (χ3v) is 31.1. The lowest BCUT2D eigenvalue weighted by molar-refractivity contribution is 0.754. The molecule has 0 N–H and O–H groups in total. The van der Waals surface area contributed by atoms with Crippen LogP contribution in [-0.2, 0) is 10.8 Å². The fourth-order valence-corrected chi connectivity index (χ4v) is 25.2. The van der Waals surface area contributed by atoms with Gasteiger partial charge >= 0.3 is 0 Å². The monoisotopic (exact) mass is 1780 g/mol. The molecular weight excluding hydrogens is 1690 g/mol. The number of anilines is 6. The van der Waals surface area contributed by atoms with Gasteiger partial charge in [-0.25, -0.2) is 0 Å². The van der Waals surface area contributed by atoms with E-state index in [1.807, 2.05) is 0 Å². The molecule has 30 rings (SSSR count). The second-order valence-corrected chi connectivity index (χ2v) is 38.1. The largest absolute Gasteiger partial charge is 0.310 e. The quantitative estimate of drug-likeness (QED) is 0.129. The normalized spacial score (nSPS) is 13.4. The molecule has 2 aliphatic carbocycles. The van der Waals surface area contributed by atoms with Gasteiger partial charge in [0, 0.05) is 77.2 Å². The number of para-hydroxylation sites is 10. The van der Waals surface area contributed by atoms with Crippen LogP contribution in [0.1, 0.15) is 44.5 Å². The molecule has 4 aliphatic rings. The predicted octanol–water partition coefficient (Wildman–Crippen LogP) is 34.7. The zero-order valence-electron chi connectivity index (χ0n) is 76.2. The number of fused-ring (bicyclic) bond motifs is 30. The van der Waals surface area contributed by atoms with E-state index in [1.54, 1.807) is 0 Å². The molecule has 6 heteroatoms. The minimum absolute atomic E-state index is 0.766. The van der Waals surface area contributed by atoms with Gasteiger partial charge < -0.3 is 28.1 Å². The first-order chi connectivity index (χ1) is 69.4. The maximum Gasteiger partial charge on any atom is 0.0755 e. The van der Waals surface area contributed by atoms with Crippen molar-refractivity contribution < 1.29 is 0 Å². The zero-order valence-corrected chi connectivity index (χ0v) is 76.2. The van der Waals surface area contributed by atoms with E-state index in [0.29, 0.717) is 0 Å². The number of hydrogen-bond acceptors (Lipinski definition) is 2. The Balaban J connectivity index is 0.624. The summed E-state index contributed by atoms with van der Waals surface area (Å²) in [6, 6.07) is 192. The molecule has 0 bridgehead atoms. The third kappa shape index (κ3) is 11.1. The standard InChI is InChI=1S/C134H84N6/c1-6-31-85(32-7-1)87-57-59-89(60-58-87)90-65-70-98(71-66-90)136-122-51-24-17-45-103(122)111-79-106-107-80-112-108-76-94(69-74-124(108)140(100-42-30-35-93(75-100)91-63-61-88(62-64-91)86-33-8-2-9-34-86)132(112)84-120(107)134(119(106)83-130(111)136)115-48-21-28-55-127(115)139(97-40-14-5-15-41-97)128-56-29-22-49-116(128)134)92-67-72-99(73-68-92)137-123-52-25-18-44-102(123)110-78-105-104-77-109-101-43-16-23-50-121(101)135(95-36-10-3-11-37-95)129(109)81-117(104)133(118(105)82-131(110)137)113-46-19-26-53-125(113)138(96-38-12-4-13-39-96)126-54-27-20-47-114(126)133/h1-84H. The second-order valence-electron chi connectivity index (χ2n) is 38.1. The van der Waals surface area contributed by atoms with Gasteiger partial charge in [0.2, 0.25) is 0 Å². The average molecular weight is 1780 g/mol. The summed E-state index contributed by atoms with van der Waals surface area (Å²) in [5.41, 5.74) is 45.5. The molecule has 0 amide bonds. The van der Waals surface area contributed by atoms with Gasteiger partial charge in [0.05, 0.1) is 77.7 Å². The predicted molar refractivity (Wildman–Crippen MR) is 582 cm³/mol. The van der Waals surface area contributed by atoms with Gasteiger partial charge in [0.25, 0.3) is 0 Å². The highest BCUT2D eigenvalue weighted by Crippen LogP contribution is 2.68. The molecule has 140 heavy (non-hydrogen) atoms. The maximum absolute atomic E-state index is 2.62. The van der Waals surface area contributed by atoms with Crippen LogP contribution in [0.4, 0.5) is 34.1 Å². The van der Waals surface area contributed by atoms with Crippen molar-refractivity contribution in [3.63, 3.8) is 0 Å². The van der Waals surface area contributed by atoms with Crippen LogP contribution >= 0.6 is 0 Å². The fourth-order valence-electron chi connectivity index (χ4n) is 25.2. The van der Waals surface area contributed by atoms with Gasteiger partial charge in [-0.05, 0) is 298 Å². The van der Waals surface area contributed by atoms with Crippen LogP contribution in [0.5, 0.6) is 0 Å². The summed E-state index contributed by atoms with van der Waals surface area (Å²) >= 11 is 0. The van der Waals surface area contributed by atoms with Crippen LogP contribution in [0.2, 0.25) is 0 Å². The summed E-state index contributed by atoms with van der Waals surface area (Å²) in [5, 5.41) is 9.63. The number of benzene rings is 22. The minimum atomic E-state index is -0.835. The van der Waals surface area contributed by atoms with E-state index in [2.05, 4.69) is 538 Å². The summed E-state index contributed by atoms with van der Waals surface area (Å²) in [4.78, 5) is 4.99. The highest BCUT2D eigenvalue weighted by molar-refractivity contribution is 6.19. The highest BCUT2D eigenvalue weighted by atomic mass is 15.2. The Labute approximate surface area is 809 Å². The Morgan fingerprint density at radius 1 is 0.121 bits per heavy atom. The van der Waals surface area contributed by atoms with E-state index in [-0.39, 0.29) is 0 Å². The molecule has 0 unspecified atom stereocenters. The number of hydrogen-bond donors (Lipinski definition) is 0. The summed E-state index contributed by atoms with van der Waals surface area (Å²) in [6.07, 6.45) is 0. The van der Waals surface area contributed by atoms with Gasteiger partial charge in [0.15, 0.2) is 0 Å². The van der Waals surface area contributed by atoms with Crippen molar-refractivity contribution in [2.24, 2.45) is 0 Å². The Hall–Kier alpha value is -18.4. The molecule has 0 fully saturated rings. The van der Waals surface area contributed by atoms with E-state index in [9.17, 15) is 0 Å². The van der Waals surface area contributed by atoms with Crippen LogP contribution in [0.15, 0.2) is 510 Å². The van der Waals surface area contributed by atoms with E-state index < -0.39 is 10.8 Å². The summed E-state index contributed by atoms with van der Waals surface area (Å²) < 4.78 is 10.1. The molecule has 2 aliphatic heterocycles. The van der Waals surface area contributed by atoms with Crippen molar-refractivity contribution in [1.29, 1.82) is 0 Å². The smallest absolute Gasteiger partial charge is 0.0755 e. The lowest BCUT2D eigenvalue weighted by Gasteiger charge is -2.45. The number of nitrogens with zero attached hydrogens (tertiary/aromatic N) is 6. The Morgan fingerprint density at radius 3 is 0.707 bits per heavy atom. The van der Waals surface area contributed by atoms with Crippen molar-refractivity contribution in [2.45, 2.75) is 10.8 Å². The van der Waals surface area contributed by atoms with Gasteiger partial charge in [-0.2, -0.15) is 0 Å². The third-order valence-electron chi connectivity index (χ3n) is 31.1. The van der Waals surface area contributed by atoms with Crippen molar-refractivity contribution in [1.82, 2.24) is 18.3 Å². The van der Waals surface area contributed by atoms with Crippen LogP contribution in [0.3, 0.4) is 0 Å². The van der Waals surface area contributed by atoms with Gasteiger partial charge in [-0.3, -0.25) is 0 Å². The topological polar surface area (TPSA) is 26.2 Å². The van der Waals surface area contributed by atoms with Gasteiger partial charge in [0.1, 0.15) is 0 Å². The van der Waals surface area contributed by atoms with Gasteiger partial charge in [-0.15, -0.1) is 0 Å². The Bertz CT molecular complexity index is 9550. The molecule has 0 atom stereocenters. The van der Waals surface area contributed by atoms with Crippen LogP contribution < -0.4 is 9.80 Å². The summed E-state index contributed by atoms with van der Waals surface area (Å²) in [7, 11) is 0. The maximum atomic E-state index is 2.62. The minimum Gasteiger partial charge on any atom is -0.310 e. The van der Waals surface area contributed by atoms with Crippen molar-refractivity contribution >= 4 is 121 Å². The van der Waals surface area contributed by atoms with E-state index in [4.69, 9.17) is 0 Å². The molecule has 2 spiro atoms. The Morgan fingerprint density at radius 2 is 0.350 bits per heavy atom. The molecule has 650 valence electrons. The van der Waals surface area contributed by atoms with Crippen LogP contribution in [-0.4, -0.2) is 18.3 Å². The molecule has 0 saturated heterocycles. The lowest BCUT2D eigenvalue weighted by atomic mass is 9.64. The highest BCUT2D eigenvalue weighted by Gasteiger charge is 2.55. The molecule has 4 aromatic heterocycles. The molecule has 6 nitrogen and oxygen atoms in total. The van der Waals surface area contributed by atoms with Crippen molar-refractivity contribution in [3.05, 3.63) is 554 Å². The SMILES string of the molecule is c1ccc(-c2ccc(-c3ccc(-n4c5ccccc5c5cc6c(cc54)C4(c5cc7c(cc5-6)c5cc(-c6ccc(-n8c9ccccc9c9cc%10c(cc98)C8(c9cc%11c(cc9-%10)c9ccccc9n%11-c9ccccc9)c9ccccc9N(c9ccccc9)c9ccccc98)cc6)ccc5n7-c5cccc(-c6ccc(-c7ccccc7)cc6)c5)c5ccccc5N(c5ccccc5)c5ccccc54)cc3)cc2)cc1. The molecule has 22 aromatic carbocycles. The molecular formula is C134H84N6. The zero-order chi connectivity index (χ0) is 91.6. The Kier molecular flexibility index (Phi) is 16.8. The van der Waals surface area contributed by atoms with E-state index >= 15 is 0 Å². The van der Waals surface area contributed by atoms with Crippen LogP contribution in [0, 0.1) is 0 Å². The second kappa shape index (κ2) is 30.1. The fraction of sp³-hybridized carbons (Fsp3) is 0.0149. The molecule has 0 saturated carbocycles. The summed E-state index contributed by atoms with van der Waals surface area (Å²) in [5.74, 6) is 0. The number of aromatic nitrogens is 4. The molecule has 26 aromatic rings. The lowest BCUT2D eigenvalue weighted by Crippen LogP contribution is -2.36. The molecule has 0 radical (unpaired) electrons. The first-order valence-electron chi connectivity index (χ1n) is 48.6. The van der Waals surface area contributed by atoms with Gasteiger partial charge in [-0.1, -0.05) is 334 Å². The first kappa shape index (κ1) is 78.0. The van der Waals surface area contributed by atoms with E-state index in [0.717, 1.165) is 112 Å².